The number of hydrogen-bond acceptors (Lipinski definition) is 3. The second kappa shape index (κ2) is 5.49. The summed E-state index contributed by atoms with van der Waals surface area (Å²) in [6.07, 6.45) is 6.28. The van der Waals surface area contributed by atoms with Crippen molar-refractivity contribution in [3.05, 3.63) is 49.4 Å². The Balaban J connectivity index is 1.70. The standard InChI is InChI=1S/C17H19BrN2S/c1-10-9-11(5-8-13(10)18)16(19-12-6-7-12)17-20-14-3-2-4-15(14)21-17/h5,8-9,12,16,19H,2-4,6-7H2,1H3. The molecule has 21 heavy (non-hydrogen) atoms. The zero-order valence-electron chi connectivity index (χ0n) is 12.2. The first-order chi connectivity index (χ1) is 10.2. The van der Waals surface area contributed by atoms with E-state index in [1.165, 1.54) is 63.3 Å². The van der Waals surface area contributed by atoms with Crippen molar-refractivity contribution >= 4 is 27.3 Å². The number of aromatic nitrogens is 1. The van der Waals surface area contributed by atoms with E-state index in [1.54, 1.807) is 0 Å². The molecule has 0 radical (unpaired) electrons. The molecule has 1 heterocycles. The number of rotatable bonds is 4. The first kappa shape index (κ1) is 13.9. The van der Waals surface area contributed by atoms with Crippen LogP contribution < -0.4 is 5.32 Å². The van der Waals surface area contributed by atoms with Crippen molar-refractivity contribution in [3.63, 3.8) is 0 Å². The van der Waals surface area contributed by atoms with Crippen LogP contribution in [-0.2, 0) is 12.8 Å². The van der Waals surface area contributed by atoms with Gasteiger partial charge in [-0.3, -0.25) is 0 Å². The lowest BCUT2D eigenvalue weighted by Gasteiger charge is -2.18. The van der Waals surface area contributed by atoms with Crippen LogP contribution in [0.15, 0.2) is 22.7 Å². The molecule has 4 heteroatoms. The molecule has 4 rings (SSSR count). The Morgan fingerprint density at radius 2 is 2.19 bits per heavy atom. The molecule has 1 saturated carbocycles. The molecule has 0 spiro atoms. The summed E-state index contributed by atoms with van der Waals surface area (Å²) in [5.41, 5.74) is 3.99. The smallest absolute Gasteiger partial charge is 0.115 e. The zero-order chi connectivity index (χ0) is 14.4. The summed E-state index contributed by atoms with van der Waals surface area (Å²) in [5.74, 6) is 0. The summed E-state index contributed by atoms with van der Waals surface area (Å²) in [6.45, 7) is 2.16. The third kappa shape index (κ3) is 2.81. The molecular formula is C17H19BrN2S. The third-order valence-electron chi connectivity index (χ3n) is 4.35. The molecule has 1 unspecified atom stereocenters. The van der Waals surface area contributed by atoms with Crippen LogP contribution in [0.3, 0.4) is 0 Å². The second-order valence-corrected chi connectivity index (χ2v) is 8.13. The Labute approximate surface area is 138 Å². The predicted octanol–water partition coefficient (Wildman–Crippen LogP) is 4.54. The number of halogens is 1. The number of thiazole rings is 1. The molecule has 2 aliphatic rings. The second-order valence-electron chi connectivity index (χ2n) is 6.16. The molecule has 1 aromatic carbocycles. The fourth-order valence-corrected chi connectivity index (χ4v) is 4.47. The number of nitrogens with one attached hydrogen (secondary N) is 1. The van der Waals surface area contributed by atoms with Crippen molar-refractivity contribution in [1.82, 2.24) is 10.3 Å². The van der Waals surface area contributed by atoms with Gasteiger partial charge >= 0.3 is 0 Å². The largest absolute Gasteiger partial charge is 0.301 e. The van der Waals surface area contributed by atoms with E-state index >= 15 is 0 Å². The molecule has 1 aromatic heterocycles. The van der Waals surface area contributed by atoms with Crippen LogP contribution in [0.2, 0.25) is 0 Å². The highest BCUT2D eigenvalue weighted by Gasteiger charge is 2.29. The maximum absolute atomic E-state index is 4.94. The molecule has 1 fully saturated rings. The van der Waals surface area contributed by atoms with Gasteiger partial charge in [0.1, 0.15) is 5.01 Å². The van der Waals surface area contributed by atoms with Gasteiger partial charge in [0.05, 0.1) is 11.7 Å². The summed E-state index contributed by atoms with van der Waals surface area (Å²) >= 11 is 5.52. The Bertz CT molecular complexity index is 654. The normalized spacial score (nSPS) is 18.8. The summed E-state index contributed by atoms with van der Waals surface area (Å²) in [7, 11) is 0. The monoisotopic (exact) mass is 362 g/mol. The van der Waals surface area contributed by atoms with Gasteiger partial charge in [-0.25, -0.2) is 4.98 Å². The number of benzene rings is 1. The van der Waals surface area contributed by atoms with Gasteiger partial charge in [-0.15, -0.1) is 11.3 Å². The van der Waals surface area contributed by atoms with Crippen LogP contribution in [0, 0.1) is 6.92 Å². The topological polar surface area (TPSA) is 24.9 Å². The predicted molar refractivity (Wildman–Crippen MR) is 91.0 cm³/mol. The Kier molecular flexibility index (Phi) is 3.64. The van der Waals surface area contributed by atoms with Gasteiger partial charge in [0, 0.05) is 15.4 Å². The minimum absolute atomic E-state index is 0.264. The molecule has 1 N–H and O–H groups in total. The van der Waals surface area contributed by atoms with Crippen LogP contribution in [0.25, 0.3) is 0 Å². The van der Waals surface area contributed by atoms with E-state index in [4.69, 9.17) is 4.98 Å². The first-order valence-corrected chi connectivity index (χ1v) is 9.32. The Morgan fingerprint density at radius 1 is 1.33 bits per heavy atom. The van der Waals surface area contributed by atoms with Gasteiger partial charge in [-0.05, 0) is 56.2 Å². The van der Waals surface area contributed by atoms with Gasteiger partial charge in [0.2, 0.25) is 0 Å². The molecule has 0 bridgehead atoms. The first-order valence-electron chi connectivity index (χ1n) is 7.71. The summed E-state index contributed by atoms with van der Waals surface area (Å²) < 4.78 is 1.18. The quantitative estimate of drug-likeness (QED) is 0.863. The molecule has 0 aliphatic heterocycles. The van der Waals surface area contributed by atoms with Crippen LogP contribution in [-0.4, -0.2) is 11.0 Å². The van der Waals surface area contributed by atoms with E-state index < -0.39 is 0 Å². The maximum Gasteiger partial charge on any atom is 0.115 e. The van der Waals surface area contributed by atoms with Gasteiger partial charge in [0.15, 0.2) is 0 Å². The lowest BCUT2D eigenvalue weighted by atomic mass is 10.0. The highest BCUT2D eigenvalue weighted by molar-refractivity contribution is 9.10. The fraction of sp³-hybridized carbons (Fsp3) is 0.471. The molecule has 110 valence electrons. The molecule has 2 aromatic rings. The van der Waals surface area contributed by atoms with Crippen molar-refractivity contribution in [2.24, 2.45) is 0 Å². The summed E-state index contributed by atoms with van der Waals surface area (Å²) in [6, 6.07) is 7.62. The minimum atomic E-state index is 0.264. The highest BCUT2D eigenvalue weighted by Crippen LogP contribution is 2.36. The average Bonchev–Trinajstić information content (AvgIpc) is 3.03. The van der Waals surface area contributed by atoms with E-state index in [1.807, 2.05) is 11.3 Å². The molecular weight excluding hydrogens is 344 g/mol. The van der Waals surface area contributed by atoms with Crippen LogP contribution in [0.1, 0.15) is 52.0 Å². The van der Waals surface area contributed by atoms with Crippen molar-refractivity contribution in [3.8, 4) is 0 Å². The molecule has 0 saturated heterocycles. The van der Waals surface area contributed by atoms with Gasteiger partial charge in [-0.2, -0.15) is 0 Å². The molecule has 2 aliphatic carbocycles. The Morgan fingerprint density at radius 3 is 2.90 bits per heavy atom. The van der Waals surface area contributed by atoms with Gasteiger partial charge in [-0.1, -0.05) is 28.1 Å². The number of fused-ring (bicyclic) bond motifs is 1. The van der Waals surface area contributed by atoms with Gasteiger partial charge in [0.25, 0.3) is 0 Å². The number of nitrogens with zero attached hydrogens (tertiary/aromatic N) is 1. The van der Waals surface area contributed by atoms with Crippen molar-refractivity contribution in [1.29, 1.82) is 0 Å². The van der Waals surface area contributed by atoms with E-state index in [2.05, 4.69) is 46.4 Å². The van der Waals surface area contributed by atoms with E-state index in [0.29, 0.717) is 6.04 Å². The zero-order valence-corrected chi connectivity index (χ0v) is 14.6. The van der Waals surface area contributed by atoms with E-state index in [0.717, 1.165) is 0 Å². The molecule has 2 nitrogen and oxygen atoms in total. The molecule has 0 amide bonds. The van der Waals surface area contributed by atoms with Crippen molar-refractivity contribution in [2.45, 2.75) is 51.1 Å². The molecule has 1 atom stereocenters. The van der Waals surface area contributed by atoms with Crippen LogP contribution in [0.4, 0.5) is 0 Å². The third-order valence-corrected chi connectivity index (χ3v) is 6.47. The van der Waals surface area contributed by atoms with Crippen LogP contribution in [0.5, 0.6) is 0 Å². The summed E-state index contributed by atoms with van der Waals surface area (Å²) in [4.78, 5) is 6.46. The lowest BCUT2D eigenvalue weighted by Crippen LogP contribution is -2.24. The van der Waals surface area contributed by atoms with Crippen LogP contribution >= 0.6 is 27.3 Å². The van der Waals surface area contributed by atoms with Crippen molar-refractivity contribution < 1.29 is 0 Å². The number of hydrogen-bond donors (Lipinski definition) is 1. The van der Waals surface area contributed by atoms with E-state index in [-0.39, 0.29) is 6.04 Å². The minimum Gasteiger partial charge on any atom is -0.301 e. The highest BCUT2D eigenvalue weighted by atomic mass is 79.9. The Hall–Kier alpha value is -0.710. The van der Waals surface area contributed by atoms with Crippen molar-refractivity contribution in [2.75, 3.05) is 0 Å². The lowest BCUT2D eigenvalue weighted by molar-refractivity contribution is 0.596. The van der Waals surface area contributed by atoms with E-state index in [9.17, 15) is 0 Å². The summed E-state index contributed by atoms with van der Waals surface area (Å²) in [5, 5.41) is 5.05. The SMILES string of the molecule is Cc1cc(C(NC2CC2)c2nc3c(s2)CCC3)ccc1Br. The average molecular weight is 363 g/mol. The number of aryl methyl sites for hydroxylation is 3. The maximum atomic E-state index is 4.94. The van der Waals surface area contributed by atoms with Gasteiger partial charge < -0.3 is 5.32 Å². The fourth-order valence-electron chi connectivity index (χ4n) is 2.98.